The Kier molecular flexibility index (Phi) is 4.59. The minimum atomic E-state index is -0.257. The highest BCUT2D eigenvalue weighted by Crippen LogP contribution is 2.20. The standard InChI is InChI=1S/C15H14BrN3O2/c1-9-6-7-10(16)8-12(9)15(20)18-13-5-3-2-4-11(13)14(17)19-21/h2-8,21H,1H3,(H2,17,19)(H,18,20). The third-order valence-corrected chi connectivity index (χ3v) is 3.50. The molecule has 0 saturated carbocycles. The molecule has 2 aromatic rings. The molecule has 0 saturated heterocycles. The molecule has 0 aliphatic carbocycles. The zero-order valence-electron chi connectivity index (χ0n) is 11.3. The summed E-state index contributed by atoms with van der Waals surface area (Å²) < 4.78 is 0.822. The van der Waals surface area contributed by atoms with E-state index in [0.29, 0.717) is 16.8 Å². The van der Waals surface area contributed by atoms with Crippen molar-refractivity contribution in [1.82, 2.24) is 0 Å². The Morgan fingerprint density at radius 3 is 2.67 bits per heavy atom. The van der Waals surface area contributed by atoms with E-state index in [2.05, 4.69) is 26.4 Å². The van der Waals surface area contributed by atoms with Gasteiger partial charge in [0.2, 0.25) is 0 Å². The monoisotopic (exact) mass is 347 g/mol. The van der Waals surface area contributed by atoms with E-state index in [1.165, 1.54) is 0 Å². The zero-order valence-corrected chi connectivity index (χ0v) is 12.9. The van der Waals surface area contributed by atoms with Crippen molar-refractivity contribution in [3.8, 4) is 0 Å². The summed E-state index contributed by atoms with van der Waals surface area (Å²) in [5.41, 5.74) is 7.96. The topological polar surface area (TPSA) is 87.7 Å². The average Bonchev–Trinajstić information content (AvgIpc) is 2.49. The maximum atomic E-state index is 12.4. The van der Waals surface area contributed by atoms with Crippen LogP contribution in [0.3, 0.4) is 0 Å². The lowest BCUT2D eigenvalue weighted by atomic mass is 10.1. The number of rotatable bonds is 3. The number of carbonyl (C=O) groups is 1. The first-order valence-corrected chi connectivity index (χ1v) is 6.96. The number of hydrogen-bond donors (Lipinski definition) is 3. The lowest BCUT2D eigenvalue weighted by molar-refractivity contribution is 0.102. The van der Waals surface area contributed by atoms with Gasteiger partial charge in [0.1, 0.15) is 0 Å². The van der Waals surface area contributed by atoms with E-state index in [0.717, 1.165) is 10.0 Å². The lowest BCUT2D eigenvalue weighted by Crippen LogP contribution is -2.19. The largest absolute Gasteiger partial charge is 0.409 e. The fourth-order valence-corrected chi connectivity index (χ4v) is 2.26. The van der Waals surface area contributed by atoms with Gasteiger partial charge in [-0.3, -0.25) is 4.79 Å². The van der Waals surface area contributed by atoms with Gasteiger partial charge in [0, 0.05) is 15.6 Å². The maximum Gasteiger partial charge on any atom is 0.255 e. The summed E-state index contributed by atoms with van der Waals surface area (Å²) in [4.78, 5) is 12.4. The van der Waals surface area contributed by atoms with Crippen LogP contribution >= 0.6 is 15.9 Å². The summed E-state index contributed by atoms with van der Waals surface area (Å²) in [5.74, 6) is -0.316. The number of aryl methyl sites for hydroxylation is 1. The third kappa shape index (κ3) is 3.41. The second-order valence-corrected chi connectivity index (χ2v) is 5.36. The highest BCUT2D eigenvalue weighted by molar-refractivity contribution is 9.10. The van der Waals surface area contributed by atoms with E-state index in [-0.39, 0.29) is 11.7 Å². The van der Waals surface area contributed by atoms with Crippen LogP contribution in [-0.2, 0) is 0 Å². The number of oxime groups is 1. The van der Waals surface area contributed by atoms with Crippen molar-refractivity contribution >= 4 is 33.4 Å². The van der Waals surface area contributed by atoms with Crippen LogP contribution in [0, 0.1) is 6.92 Å². The van der Waals surface area contributed by atoms with Gasteiger partial charge in [-0.25, -0.2) is 0 Å². The molecule has 2 rings (SSSR count). The molecule has 0 heterocycles. The molecule has 108 valence electrons. The second-order valence-electron chi connectivity index (χ2n) is 4.44. The fraction of sp³-hybridized carbons (Fsp3) is 0.0667. The van der Waals surface area contributed by atoms with Crippen LogP contribution in [0.25, 0.3) is 0 Å². The van der Waals surface area contributed by atoms with Crippen LogP contribution in [0.4, 0.5) is 5.69 Å². The van der Waals surface area contributed by atoms with Crippen LogP contribution in [0.1, 0.15) is 21.5 Å². The van der Waals surface area contributed by atoms with E-state index in [4.69, 9.17) is 10.9 Å². The second kappa shape index (κ2) is 6.41. The number of benzene rings is 2. The van der Waals surface area contributed by atoms with Crippen molar-refractivity contribution in [2.75, 3.05) is 5.32 Å². The molecule has 0 unspecified atom stereocenters. The van der Waals surface area contributed by atoms with Crippen molar-refractivity contribution < 1.29 is 10.0 Å². The van der Waals surface area contributed by atoms with E-state index in [9.17, 15) is 4.79 Å². The van der Waals surface area contributed by atoms with Crippen molar-refractivity contribution in [2.45, 2.75) is 6.92 Å². The van der Waals surface area contributed by atoms with Gasteiger partial charge in [-0.15, -0.1) is 0 Å². The lowest BCUT2D eigenvalue weighted by Gasteiger charge is -2.11. The molecule has 0 aliphatic rings. The number of amidine groups is 1. The number of halogens is 1. The van der Waals surface area contributed by atoms with Crippen molar-refractivity contribution in [2.24, 2.45) is 10.9 Å². The molecule has 0 fully saturated rings. The maximum absolute atomic E-state index is 12.4. The first-order chi connectivity index (χ1) is 10.0. The molecular weight excluding hydrogens is 334 g/mol. The number of nitrogens with one attached hydrogen (secondary N) is 1. The first kappa shape index (κ1) is 15.1. The van der Waals surface area contributed by atoms with Crippen molar-refractivity contribution in [3.05, 3.63) is 63.6 Å². The van der Waals surface area contributed by atoms with E-state index in [1.54, 1.807) is 30.3 Å². The quantitative estimate of drug-likeness (QED) is 0.345. The minimum absolute atomic E-state index is 0.0585. The molecular formula is C15H14BrN3O2. The van der Waals surface area contributed by atoms with Crippen LogP contribution in [-0.4, -0.2) is 17.0 Å². The summed E-state index contributed by atoms with van der Waals surface area (Å²) in [6.45, 7) is 1.86. The molecule has 21 heavy (non-hydrogen) atoms. The van der Waals surface area contributed by atoms with E-state index >= 15 is 0 Å². The van der Waals surface area contributed by atoms with Crippen LogP contribution in [0.15, 0.2) is 52.1 Å². The summed E-state index contributed by atoms with van der Waals surface area (Å²) in [6, 6.07) is 12.3. The Hall–Kier alpha value is -2.34. The molecule has 1 amide bonds. The molecule has 2 aromatic carbocycles. The van der Waals surface area contributed by atoms with Crippen molar-refractivity contribution in [3.63, 3.8) is 0 Å². The summed E-state index contributed by atoms with van der Waals surface area (Å²) in [5, 5.41) is 14.5. The number of carbonyl (C=O) groups excluding carboxylic acids is 1. The smallest absolute Gasteiger partial charge is 0.255 e. The van der Waals surface area contributed by atoms with Gasteiger partial charge in [0.05, 0.1) is 5.69 Å². The molecule has 0 atom stereocenters. The molecule has 0 spiro atoms. The van der Waals surface area contributed by atoms with Gasteiger partial charge in [-0.1, -0.05) is 39.3 Å². The molecule has 0 aliphatic heterocycles. The number of amides is 1. The highest BCUT2D eigenvalue weighted by atomic mass is 79.9. The van der Waals surface area contributed by atoms with Crippen molar-refractivity contribution in [1.29, 1.82) is 0 Å². The van der Waals surface area contributed by atoms with Gasteiger partial charge >= 0.3 is 0 Å². The van der Waals surface area contributed by atoms with E-state index < -0.39 is 0 Å². The van der Waals surface area contributed by atoms with Gasteiger partial charge in [-0.2, -0.15) is 0 Å². The molecule has 5 nitrogen and oxygen atoms in total. The number of nitrogens with zero attached hydrogens (tertiary/aromatic N) is 1. The Morgan fingerprint density at radius 1 is 1.24 bits per heavy atom. The van der Waals surface area contributed by atoms with Crippen LogP contribution in [0.2, 0.25) is 0 Å². The fourth-order valence-electron chi connectivity index (χ4n) is 1.90. The SMILES string of the molecule is Cc1ccc(Br)cc1C(=O)Nc1ccccc1C(N)=NO. The predicted molar refractivity (Wildman–Crippen MR) is 85.8 cm³/mol. The Morgan fingerprint density at radius 2 is 1.95 bits per heavy atom. The first-order valence-electron chi connectivity index (χ1n) is 6.17. The Bertz CT molecular complexity index is 714. The van der Waals surface area contributed by atoms with E-state index in [1.807, 2.05) is 19.1 Å². The van der Waals surface area contributed by atoms with Crippen LogP contribution < -0.4 is 11.1 Å². The Labute approximate surface area is 130 Å². The van der Waals surface area contributed by atoms with Gasteiger partial charge in [0.25, 0.3) is 5.91 Å². The molecule has 0 bridgehead atoms. The third-order valence-electron chi connectivity index (χ3n) is 3.00. The van der Waals surface area contributed by atoms with Gasteiger partial charge in [0.15, 0.2) is 5.84 Å². The summed E-state index contributed by atoms with van der Waals surface area (Å²) in [6.07, 6.45) is 0. The number of nitrogens with two attached hydrogens (primary N) is 1. The Balaban J connectivity index is 2.34. The number of para-hydroxylation sites is 1. The highest BCUT2D eigenvalue weighted by Gasteiger charge is 2.13. The average molecular weight is 348 g/mol. The van der Waals surface area contributed by atoms with Gasteiger partial charge in [-0.05, 0) is 36.8 Å². The minimum Gasteiger partial charge on any atom is -0.409 e. The number of anilines is 1. The van der Waals surface area contributed by atoms with Crippen LogP contribution in [0.5, 0.6) is 0 Å². The number of hydrogen-bond acceptors (Lipinski definition) is 3. The molecule has 0 radical (unpaired) electrons. The molecule has 4 N–H and O–H groups in total. The normalized spacial score (nSPS) is 11.2. The zero-order chi connectivity index (χ0) is 15.4. The summed E-state index contributed by atoms with van der Waals surface area (Å²) in [7, 11) is 0. The van der Waals surface area contributed by atoms with Gasteiger partial charge < -0.3 is 16.3 Å². The summed E-state index contributed by atoms with van der Waals surface area (Å²) >= 11 is 3.35. The predicted octanol–water partition coefficient (Wildman–Crippen LogP) is 3.10. The molecule has 6 heteroatoms. The molecule has 0 aromatic heterocycles.